The smallest absolute Gasteiger partial charge is 0.150 e. The quantitative estimate of drug-likeness (QED) is 0.796. The van der Waals surface area contributed by atoms with Gasteiger partial charge in [0.05, 0.1) is 5.75 Å². The van der Waals surface area contributed by atoms with Gasteiger partial charge in [0.1, 0.15) is 9.84 Å². The molecule has 1 aliphatic carbocycles. The Morgan fingerprint density at radius 2 is 1.83 bits per heavy atom. The van der Waals surface area contributed by atoms with Gasteiger partial charge >= 0.3 is 0 Å². The molecular formula is C14H21NO2S. The lowest BCUT2D eigenvalue weighted by atomic mass is 10.1. The van der Waals surface area contributed by atoms with Gasteiger partial charge in [-0.3, -0.25) is 0 Å². The Balaban J connectivity index is 1.71. The van der Waals surface area contributed by atoms with E-state index in [0.717, 1.165) is 19.4 Å². The van der Waals surface area contributed by atoms with Crippen LogP contribution in [0.1, 0.15) is 24.5 Å². The Bertz CT molecular complexity index is 471. The van der Waals surface area contributed by atoms with E-state index in [4.69, 9.17) is 0 Å². The van der Waals surface area contributed by atoms with Gasteiger partial charge in [-0.15, -0.1) is 0 Å². The van der Waals surface area contributed by atoms with Crippen LogP contribution in [0.25, 0.3) is 0 Å². The number of nitrogens with one attached hydrogen (secondary N) is 1. The molecular weight excluding hydrogens is 246 g/mol. The van der Waals surface area contributed by atoms with Crippen LogP contribution in [0.15, 0.2) is 24.3 Å². The molecule has 0 fully saturated rings. The normalized spacial score (nSPS) is 15.8. The predicted molar refractivity (Wildman–Crippen MR) is 74.6 cm³/mol. The molecule has 4 heteroatoms. The molecule has 0 saturated heterocycles. The monoisotopic (exact) mass is 267 g/mol. The highest BCUT2D eigenvalue weighted by Gasteiger charge is 2.20. The molecule has 0 unspecified atom stereocenters. The highest BCUT2D eigenvalue weighted by atomic mass is 32.2. The fraction of sp³-hybridized carbons (Fsp3) is 0.571. The first kappa shape index (κ1) is 13.6. The third kappa shape index (κ3) is 3.56. The minimum Gasteiger partial charge on any atom is -0.313 e. The van der Waals surface area contributed by atoms with E-state index in [1.165, 1.54) is 11.1 Å². The first-order valence-electron chi connectivity index (χ1n) is 6.61. The second-order valence-corrected chi connectivity index (χ2v) is 7.39. The van der Waals surface area contributed by atoms with Crippen LogP contribution in [0.3, 0.4) is 0 Å². The molecule has 18 heavy (non-hydrogen) atoms. The third-order valence-electron chi connectivity index (χ3n) is 3.56. The molecule has 1 aliphatic rings. The van der Waals surface area contributed by atoms with Gasteiger partial charge in [-0.25, -0.2) is 8.42 Å². The maximum absolute atomic E-state index is 11.3. The van der Waals surface area contributed by atoms with E-state index in [0.29, 0.717) is 18.2 Å². The Morgan fingerprint density at radius 3 is 2.39 bits per heavy atom. The molecule has 0 saturated carbocycles. The molecule has 3 nitrogen and oxygen atoms in total. The lowest BCUT2D eigenvalue weighted by Crippen LogP contribution is -2.31. The summed E-state index contributed by atoms with van der Waals surface area (Å²) in [7, 11) is -2.81. The van der Waals surface area contributed by atoms with Crippen molar-refractivity contribution < 1.29 is 8.42 Å². The largest absolute Gasteiger partial charge is 0.313 e. The molecule has 0 bridgehead atoms. The van der Waals surface area contributed by atoms with Crippen molar-refractivity contribution in [3.63, 3.8) is 0 Å². The molecule has 1 aromatic carbocycles. The second-order valence-electron chi connectivity index (χ2n) is 4.92. The van der Waals surface area contributed by atoms with Crippen molar-refractivity contribution in [1.29, 1.82) is 0 Å². The van der Waals surface area contributed by atoms with Gasteiger partial charge in [0, 0.05) is 11.8 Å². The van der Waals surface area contributed by atoms with Gasteiger partial charge in [0.25, 0.3) is 0 Å². The van der Waals surface area contributed by atoms with E-state index >= 15 is 0 Å². The van der Waals surface area contributed by atoms with E-state index in [1.54, 1.807) is 6.92 Å². The maximum atomic E-state index is 11.3. The van der Waals surface area contributed by atoms with Gasteiger partial charge in [0.15, 0.2) is 0 Å². The van der Waals surface area contributed by atoms with Crippen LogP contribution >= 0.6 is 0 Å². The van der Waals surface area contributed by atoms with E-state index < -0.39 is 9.84 Å². The Hall–Kier alpha value is -0.870. The van der Waals surface area contributed by atoms with E-state index in [1.807, 2.05) is 0 Å². The average molecular weight is 267 g/mol. The van der Waals surface area contributed by atoms with Crippen molar-refractivity contribution in [2.45, 2.75) is 32.2 Å². The number of fused-ring (bicyclic) bond motifs is 1. The van der Waals surface area contributed by atoms with Crippen LogP contribution in [-0.4, -0.2) is 32.5 Å². The summed E-state index contributed by atoms with van der Waals surface area (Å²) in [6, 6.07) is 8.99. The second kappa shape index (κ2) is 5.85. The standard InChI is InChI=1S/C14H21NO2S/c1-2-18(16,17)9-5-8-15-14-10-12-6-3-4-7-13(12)11-14/h3-4,6-7,14-15H,2,5,8-11H2,1H3. The van der Waals surface area contributed by atoms with Crippen molar-refractivity contribution >= 4 is 9.84 Å². The summed E-state index contributed by atoms with van der Waals surface area (Å²) < 4.78 is 22.7. The molecule has 2 rings (SSSR count). The summed E-state index contributed by atoms with van der Waals surface area (Å²) >= 11 is 0. The average Bonchev–Trinajstić information content (AvgIpc) is 2.77. The Morgan fingerprint density at radius 1 is 1.22 bits per heavy atom. The molecule has 0 aromatic heterocycles. The van der Waals surface area contributed by atoms with Crippen LogP contribution in [-0.2, 0) is 22.7 Å². The predicted octanol–water partition coefficient (Wildman–Crippen LogP) is 1.57. The zero-order valence-electron chi connectivity index (χ0n) is 10.9. The number of hydrogen-bond donors (Lipinski definition) is 1. The SMILES string of the molecule is CCS(=O)(=O)CCCNC1Cc2ccccc2C1. The fourth-order valence-electron chi connectivity index (χ4n) is 2.45. The zero-order chi connectivity index (χ0) is 13.0. The summed E-state index contributed by atoms with van der Waals surface area (Å²) in [6.45, 7) is 2.49. The molecule has 100 valence electrons. The zero-order valence-corrected chi connectivity index (χ0v) is 11.7. The molecule has 1 aromatic rings. The van der Waals surface area contributed by atoms with Gasteiger partial charge in [0.2, 0.25) is 0 Å². The lowest BCUT2D eigenvalue weighted by Gasteiger charge is -2.11. The molecule has 0 spiro atoms. The Labute approximate surface area is 110 Å². The first-order chi connectivity index (χ1) is 8.61. The summed E-state index contributed by atoms with van der Waals surface area (Å²) in [4.78, 5) is 0. The number of rotatable bonds is 6. The highest BCUT2D eigenvalue weighted by molar-refractivity contribution is 7.91. The highest BCUT2D eigenvalue weighted by Crippen LogP contribution is 2.21. The number of sulfone groups is 1. The maximum Gasteiger partial charge on any atom is 0.150 e. The van der Waals surface area contributed by atoms with E-state index in [9.17, 15) is 8.42 Å². The van der Waals surface area contributed by atoms with Gasteiger partial charge < -0.3 is 5.32 Å². The fourth-order valence-corrected chi connectivity index (χ4v) is 3.32. The molecule has 0 aliphatic heterocycles. The van der Waals surface area contributed by atoms with Crippen molar-refractivity contribution in [2.75, 3.05) is 18.1 Å². The molecule has 0 heterocycles. The minimum absolute atomic E-state index is 0.252. The third-order valence-corrected chi connectivity index (χ3v) is 5.35. The summed E-state index contributed by atoms with van der Waals surface area (Å²) in [5.41, 5.74) is 2.85. The summed E-state index contributed by atoms with van der Waals surface area (Å²) in [6.07, 6.45) is 2.84. The van der Waals surface area contributed by atoms with Gasteiger partial charge in [-0.2, -0.15) is 0 Å². The van der Waals surface area contributed by atoms with Crippen LogP contribution < -0.4 is 5.32 Å². The minimum atomic E-state index is -2.81. The van der Waals surface area contributed by atoms with Crippen LogP contribution in [0.2, 0.25) is 0 Å². The Kier molecular flexibility index (Phi) is 4.40. The van der Waals surface area contributed by atoms with Gasteiger partial charge in [-0.05, 0) is 36.9 Å². The molecule has 0 radical (unpaired) electrons. The van der Waals surface area contributed by atoms with Gasteiger partial charge in [-0.1, -0.05) is 31.2 Å². The first-order valence-corrected chi connectivity index (χ1v) is 8.43. The molecule has 0 amide bonds. The number of hydrogen-bond acceptors (Lipinski definition) is 3. The molecule has 1 N–H and O–H groups in total. The molecule has 0 atom stereocenters. The van der Waals surface area contributed by atoms with E-state index in [2.05, 4.69) is 29.6 Å². The van der Waals surface area contributed by atoms with E-state index in [-0.39, 0.29) is 5.75 Å². The van der Waals surface area contributed by atoms with Crippen LogP contribution in [0.5, 0.6) is 0 Å². The number of benzene rings is 1. The van der Waals surface area contributed by atoms with Crippen LogP contribution in [0, 0.1) is 0 Å². The van der Waals surface area contributed by atoms with Crippen molar-refractivity contribution in [3.05, 3.63) is 35.4 Å². The van der Waals surface area contributed by atoms with Crippen molar-refractivity contribution in [3.8, 4) is 0 Å². The summed E-state index contributed by atoms with van der Waals surface area (Å²) in [5, 5.41) is 3.46. The van der Waals surface area contributed by atoms with Crippen molar-refractivity contribution in [1.82, 2.24) is 5.32 Å². The van der Waals surface area contributed by atoms with Crippen molar-refractivity contribution in [2.24, 2.45) is 0 Å². The van der Waals surface area contributed by atoms with Crippen LogP contribution in [0.4, 0.5) is 0 Å². The lowest BCUT2D eigenvalue weighted by molar-refractivity contribution is 0.528. The topological polar surface area (TPSA) is 46.2 Å². The summed E-state index contributed by atoms with van der Waals surface area (Å²) in [5.74, 6) is 0.554.